The van der Waals surface area contributed by atoms with Crippen LogP contribution in [-0.4, -0.2) is 44.2 Å². The molecule has 7 nitrogen and oxygen atoms in total. The Hall–Kier alpha value is -3.22. The number of benzene rings is 2. The molecule has 0 saturated heterocycles. The molecule has 0 unspecified atom stereocenters. The molecule has 0 fully saturated rings. The molecule has 0 radical (unpaired) electrons. The number of ether oxygens (including phenoxy) is 3. The van der Waals surface area contributed by atoms with Gasteiger partial charge < -0.3 is 14.2 Å². The van der Waals surface area contributed by atoms with Crippen LogP contribution in [0.3, 0.4) is 0 Å². The highest BCUT2D eigenvalue weighted by Crippen LogP contribution is 2.33. The monoisotopic (exact) mass is 470 g/mol. The van der Waals surface area contributed by atoms with Gasteiger partial charge in [-0.25, -0.2) is 5.01 Å². The third-order valence-corrected chi connectivity index (χ3v) is 6.06. The number of nitrogens with zero attached hydrogens (tertiary/aromatic N) is 1. The zero-order chi connectivity index (χ0) is 25.6. The molecule has 0 bridgehead atoms. The highest BCUT2D eigenvalue weighted by atomic mass is 16.5. The lowest BCUT2D eigenvalue weighted by molar-refractivity contribution is 0.0270. The van der Waals surface area contributed by atoms with Crippen LogP contribution in [0, 0.1) is 19.3 Å². The van der Waals surface area contributed by atoms with E-state index in [0.29, 0.717) is 40.4 Å². The van der Waals surface area contributed by atoms with Crippen molar-refractivity contribution in [3.63, 3.8) is 0 Å². The summed E-state index contributed by atoms with van der Waals surface area (Å²) < 4.78 is 16.3. The summed E-state index contributed by atoms with van der Waals surface area (Å²) in [5.41, 5.74) is 4.94. The van der Waals surface area contributed by atoms with Crippen LogP contribution in [0.1, 0.15) is 72.4 Å². The fourth-order valence-corrected chi connectivity index (χ4v) is 4.09. The van der Waals surface area contributed by atoms with Crippen molar-refractivity contribution in [2.75, 3.05) is 21.3 Å². The van der Waals surface area contributed by atoms with Crippen molar-refractivity contribution >= 4 is 11.8 Å². The molecule has 2 aromatic carbocycles. The van der Waals surface area contributed by atoms with E-state index >= 15 is 0 Å². The average Bonchev–Trinajstić information content (AvgIpc) is 2.80. The number of carbonyl (C=O) groups is 2. The molecule has 0 spiro atoms. The van der Waals surface area contributed by atoms with E-state index in [4.69, 9.17) is 14.2 Å². The number of hydrogen-bond donors (Lipinski definition) is 1. The summed E-state index contributed by atoms with van der Waals surface area (Å²) in [5, 5.41) is 1.47. The van der Waals surface area contributed by atoms with Crippen LogP contribution in [0.5, 0.6) is 17.2 Å². The minimum atomic E-state index is -0.374. The molecular weight excluding hydrogens is 432 g/mol. The van der Waals surface area contributed by atoms with Crippen molar-refractivity contribution in [2.45, 2.75) is 60.4 Å². The van der Waals surface area contributed by atoms with E-state index < -0.39 is 0 Å². The molecule has 0 aliphatic rings. The van der Waals surface area contributed by atoms with E-state index in [1.807, 2.05) is 13.8 Å². The summed E-state index contributed by atoms with van der Waals surface area (Å²) in [6.45, 7) is 11.9. The number of amides is 2. The van der Waals surface area contributed by atoms with Crippen LogP contribution in [0.4, 0.5) is 0 Å². The molecule has 0 saturated carbocycles. The smallest absolute Gasteiger partial charge is 0.272 e. The lowest BCUT2D eigenvalue weighted by Crippen LogP contribution is -2.56. The summed E-state index contributed by atoms with van der Waals surface area (Å²) in [7, 11) is 4.67. The quantitative estimate of drug-likeness (QED) is 0.528. The Kier molecular flexibility index (Phi) is 8.96. The topological polar surface area (TPSA) is 77.1 Å². The third kappa shape index (κ3) is 5.82. The molecule has 0 heterocycles. The molecule has 1 atom stereocenters. The third-order valence-electron chi connectivity index (χ3n) is 6.06. The molecule has 0 aromatic heterocycles. The fraction of sp³-hybridized carbons (Fsp3) is 0.481. The number of carbonyl (C=O) groups excluding carboxylic acids is 2. The zero-order valence-electron chi connectivity index (χ0n) is 21.9. The predicted octanol–water partition coefficient (Wildman–Crippen LogP) is 5.33. The molecule has 1 N–H and O–H groups in total. The first-order chi connectivity index (χ1) is 16.0. The second kappa shape index (κ2) is 11.3. The van der Waals surface area contributed by atoms with Crippen LogP contribution < -0.4 is 19.6 Å². The van der Waals surface area contributed by atoms with Gasteiger partial charge >= 0.3 is 0 Å². The van der Waals surface area contributed by atoms with Gasteiger partial charge in [0.1, 0.15) is 17.2 Å². The van der Waals surface area contributed by atoms with Crippen molar-refractivity contribution in [1.82, 2.24) is 10.4 Å². The molecule has 0 aliphatic carbocycles. The average molecular weight is 471 g/mol. The normalized spacial score (nSPS) is 12.0. The molecule has 2 amide bonds. The van der Waals surface area contributed by atoms with E-state index in [0.717, 1.165) is 12.0 Å². The minimum Gasteiger partial charge on any atom is -0.496 e. The van der Waals surface area contributed by atoms with Gasteiger partial charge in [-0.1, -0.05) is 40.2 Å². The molecule has 2 rings (SSSR count). The standard InChI is InChI=1S/C27H38N2O5/c1-10-12-24(27(4,5)6)29(28-25(30)20-13-11-14-21(32-7)17(20)2)26(31)19-15-22(33-8)18(3)23(16-19)34-9/h11,13-16,24H,10,12H2,1-9H3,(H,28,30)/t24-/m0/s1. The Morgan fingerprint density at radius 3 is 1.97 bits per heavy atom. The SMILES string of the molecule is CCC[C@H](N(NC(=O)c1cccc(OC)c1C)C(=O)c1cc(OC)c(C)c(OC)c1)C(C)(C)C. The largest absolute Gasteiger partial charge is 0.496 e. The number of methoxy groups -OCH3 is 3. The fourth-order valence-electron chi connectivity index (χ4n) is 4.09. The van der Waals surface area contributed by atoms with Gasteiger partial charge in [0.05, 0.1) is 27.4 Å². The van der Waals surface area contributed by atoms with E-state index in [2.05, 4.69) is 33.1 Å². The van der Waals surface area contributed by atoms with E-state index in [9.17, 15) is 9.59 Å². The van der Waals surface area contributed by atoms with Crippen molar-refractivity contribution in [1.29, 1.82) is 0 Å². The highest BCUT2D eigenvalue weighted by Gasteiger charge is 2.35. The van der Waals surface area contributed by atoms with Crippen LogP contribution in [0.2, 0.25) is 0 Å². The summed E-state index contributed by atoms with van der Waals surface area (Å²) in [5.74, 6) is 0.986. The molecule has 2 aromatic rings. The van der Waals surface area contributed by atoms with Crippen molar-refractivity contribution in [2.24, 2.45) is 5.41 Å². The van der Waals surface area contributed by atoms with Gasteiger partial charge in [-0.3, -0.25) is 15.0 Å². The molecule has 34 heavy (non-hydrogen) atoms. The van der Waals surface area contributed by atoms with E-state index in [1.54, 1.807) is 51.7 Å². The van der Waals surface area contributed by atoms with Gasteiger partial charge in [0.25, 0.3) is 11.8 Å². The Morgan fingerprint density at radius 1 is 0.941 bits per heavy atom. The minimum absolute atomic E-state index is 0.252. The summed E-state index contributed by atoms with van der Waals surface area (Å²) in [4.78, 5) is 27.3. The lowest BCUT2D eigenvalue weighted by Gasteiger charge is -2.40. The number of rotatable bonds is 8. The van der Waals surface area contributed by atoms with E-state index in [-0.39, 0.29) is 23.3 Å². The van der Waals surface area contributed by atoms with Crippen molar-refractivity contribution in [3.05, 3.63) is 52.6 Å². The zero-order valence-corrected chi connectivity index (χ0v) is 21.9. The Balaban J connectivity index is 2.59. The van der Waals surface area contributed by atoms with Crippen molar-refractivity contribution in [3.8, 4) is 17.2 Å². The van der Waals surface area contributed by atoms with Gasteiger partial charge in [0.2, 0.25) is 0 Å². The maximum Gasteiger partial charge on any atom is 0.272 e. The lowest BCUT2D eigenvalue weighted by atomic mass is 9.83. The van der Waals surface area contributed by atoms with Gasteiger partial charge in [-0.05, 0) is 49.9 Å². The second-order valence-corrected chi connectivity index (χ2v) is 9.43. The van der Waals surface area contributed by atoms with Crippen LogP contribution in [-0.2, 0) is 0 Å². The van der Waals surface area contributed by atoms with Gasteiger partial charge in [0, 0.05) is 22.3 Å². The summed E-state index contributed by atoms with van der Waals surface area (Å²) in [6, 6.07) is 8.40. The number of hydrazine groups is 1. The van der Waals surface area contributed by atoms with Crippen LogP contribution in [0.25, 0.3) is 0 Å². The van der Waals surface area contributed by atoms with Gasteiger partial charge in [-0.15, -0.1) is 0 Å². The summed E-state index contributed by atoms with van der Waals surface area (Å²) >= 11 is 0. The van der Waals surface area contributed by atoms with Gasteiger partial charge in [0.15, 0.2) is 0 Å². The van der Waals surface area contributed by atoms with Gasteiger partial charge in [-0.2, -0.15) is 0 Å². The van der Waals surface area contributed by atoms with Crippen LogP contribution in [0.15, 0.2) is 30.3 Å². The van der Waals surface area contributed by atoms with Crippen LogP contribution >= 0.6 is 0 Å². The maximum absolute atomic E-state index is 13.9. The number of nitrogens with one attached hydrogen (secondary N) is 1. The first-order valence-corrected chi connectivity index (χ1v) is 11.5. The predicted molar refractivity (Wildman–Crippen MR) is 134 cm³/mol. The molecular formula is C27H38N2O5. The Bertz CT molecular complexity index is 1000. The Morgan fingerprint density at radius 2 is 1.50 bits per heavy atom. The Labute approximate surface area is 203 Å². The molecule has 186 valence electrons. The maximum atomic E-state index is 13.9. The van der Waals surface area contributed by atoms with E-state index in [1.165, 1.54) is 5.01 Å². The second-order valence-electron chi connectivity index (χ2n) is 9.43. The number of hydrogen-bond acceptors (Lipinski definition) is 5. The first-order valence-electron chi connectivity index (χ1n) is 11.5. The highest BCUT2D eigenvalue weighted by molar-refractivity contribution is 6.00. The summed E-state index contributed by atoms with van der Waals surface area (Å²) in [6.07, 6.45) is 1.56. The van der Waals surface area contributed by atoms with Crippen molar-refractivity contribution < 1.29 is 23.8 Å². The molecule has 0 aliphatic heterocycles. The molecule has 7 heteroatoms. The first kappa shape index (κ1) is 27.0.